The number of anilines is 1. The van der Waals surface area contributed by atoms with Crippen LogP contribution in [-0.4, -0.2) is 5.78 Å². The number of rotatable bonds is 2. The fraction of sp³-hybridized carbons (Fsp3) is 0.0833. The molecule has 0 spiro atoms. The highest BCUT2D eigenvalue weighted by Crippen LogP contribution is 2.18. The van der Waals surface area contributed by atoms with Gasteiger partial charge in [-0.2, -0.15) is 0 Å². The number of carbonyl (C=O) groups excluding carboxylic acids is 1. The molecule has 0 saturated heterocycles. The lowest BCUT2D eigenvalue weighted by Gasteiger charge is -2.01. The van der Waals surface area contributed by atoms with E-state index in [1.54, 1.807) is 13.0 Å². The molecular formula is C12H10FNO2. The highest BCUT2D eigenvalue weighted by atomic mass is 19.1. The molecule has 0 aliphatic carbocycles. The second kappa shape index (κ2) is 3.81. The molecule has 0 atom stereocenters. The van der Waals surface area contributed by atoms with Gasteiger partial charge in [-0.05, 0) is 36.8 Å². The Morgan fingerprint density at radius 3 is 2.69 bits per heavy atom. The predicted molar refractivity (Wildman–Crippen MR) is 57.7 cm³/mol. The highest BCUT2D eigenvalue weighted by Gasteiger charge is 2.16. The first-order chi connectivity index (χ1) is 7.59. The number of hydrogen-bond donors (Lipinski definition) is 1. The van der Waals surface area contributed by atoms with Crippen molar-refractivity contribution in [2.75, 3.05) is 5.73 Å². The van der Waals surface area contributed by atoms with Crippen LogP contribution in [0.25, 0.3) is 0 Å². The van der Waals surface area contributed by atoms with E-state index in [1.165, 1.54) is 18.4 Å². The summed E-state index contributed by atoms with van der Waals surface area (Å²) in [5, 5.41) is 0. The SMILES string of the molecule is Cc1ccoc1C(=O)c1ccc(N)c(F)c1. The van der Waals surface area contributed by atoms with Crippen LogP contribution in [0.5, 0.6) is 0 Å². The van der Waals surface area contributed by atoms with Crippen molar-refractivity contribution >= 4 is 11.5 Å². The number of benzene rings is 1. The summed E-state index contributed by atoms with van der Waals surface area (Å²) in [5.41, 5.74) is 6.30. The summed E-state index contributed by atoms with van der Waals surface area (Å²) in [4.78, 5) is 11.9. The fourth-order valence-corrected chi connectivity index (χ4v) is 1.40. The predicted octanol–water partition coefficient (Wildman–Crippen LogP) is 2.54. The first-order valence-electron chi connectivity index (χ1n) is 4.73. The van der Waals surface area contributed by atoms with E-state index in [9.17, 15) is 9.18 Å². The Hall–Kier alpha value is -2.10. The average Bonchev–Trinajstić information content (AvgIpc) is 2.67. The van der Waals surface area contributed by atoms with Gasteiger partial charge in [0.05, 0.1) is 12.0 Å². The maximum Gasteiger partial charge on any atom is 0.228 e. The standard InChI is InChI=1S/C12H10FNO2/c1-7-4-5-16-12(7)11(15)8-2-3-10(14)9(13)6-8/h2-6H,14H2,1H3. The Labute approximate surface area is 91.7 Å². The summed E-state index contributed by atoms with van der Waals surface area (Å²) in [6.07, 6.45) is 1.43. The molecule has 1 aromatic heterocycles. The van der Waals surface area contributed by atoms with Crippen molar-refractivity contribution in [1.82, 2.24) is 0 Å². The van der Waals surface area contributed by atoms with E-state index in [4.69, 9.17) is 10.2 Å². The number of nitrogen functional groups attached to an aromatic ring is 1. The van der Waals surface area contributed by atoms with Gasteiger partial charge in [-0.25, -0.2) is 4.39 Å². The first kappa shape index (κ1) is 10.4. The van der Waals surface area contributed by atoms with Gasteiger partial charge in [-0.15, -0.1) is 0 Å². The third-order valence-corrected chi connectivity index (χ3v) is 2.33. The van der Waals surface area contributed by atoms with E-state index in [0.29, 0.717) is 0 Å². The van der Waals surface area contributed by atoms with Crippen molar-refractivity contribution in [3.05, 3.63) is 53.2 Å². The van der Waals surface area contributed by atoms with Gasteiger partial charge in [0, 0.05) is 5.56 Å². The quantitative estimate of drug-likeness (QED) is 0.623. The number of halogens is 1. The third kappa shape index (κ3) is 1.69. The van der Waals surface area contributed by atoms with Gasteiger partial charge < -0.3 is 10.2 Å². The molecule has 0 saturated carbocycles. The minimum absolute atomic E-state index is 0.0210. The molecule has 2 aromatic rings. The monoisotopic (exact) mass is 219 g/mol. The molecule has 0 aliphatic heterocycles. The summed E-state index contributed by atoms with van der Waals surface area (Å²) in [7, 11) is 0. The topological polar surface area (TPSA) is 56.2 Å². The molecule has 82 valence electrons. The summed E-state index contributed by atoms with van der Waals surface area (Å²) in [6, 6.07) is 5.63. The zero-order chi connectivity index (χ0) is 11.7. The number of ketones is 1. The van der Waals surface area contributed by atoms with Gasteiger partial charge in [-0.3, -0.25) is 4.79 Å². The lowest BCUT2D eigenvalue weighted by atomic mass is 10.1. The largest absolute Gasteiger partial charge is 0.461 e. The molecule has 1 aromatic carbocycles. The van der Waals surface area contributed by atoms with Crippen molar-refractivity contribution < 1.29 is 13.6 Å². The molecule has 2 N–H and O–H groups in total. The van der Waals surface area contributed by atoms with E-state index in [-0.39, 0.29) is 22.8 Å². The van der Waals surface area contributed by atoms with E-state index >= 15 is 0 Å². The van der Waals surface area contributed by atoms with E-state index < -0.39 is 5.82 Å². The van der Waals surface area contributed by atoms with Crippen LogP contribution in [0.15, 0.2) is 34.9 Å². The van der Waals surface area contributed by atoms with Gasteiger partial charge in [0.2, 0.25) is 5.78 Å². The van der Waals surface area contributed by atoms with Gasteiger partial charge in [0.15, 0.2) is 5.76 Å². The second-order valence-corrected chi connectivity index (χ2v) is 3.50. The minimum Gasteiger partial charge on any atom is -0.461 e. The van der Waals surface area contributed by atoms with Gasteiger partial charge >= 0.3 is 0 Å². The Morgan fingerprint density at radius 2 is 2.12 bits per heavy atom. The molecule has 0 radical (unpaired) electrons. The zero-order valence-electron chi connectivity index (χ0n) is 8.66. The number of nitrogens with two attached hydrogens (primary N) is 1. The fourth-order valence-electron chi connectivity index (χ4n) is 1.40. The normalized spacial score (nSPS) is 10.4. The Kier molecular flexibility index (Phi) is 2.48. The smallest absolute Gasteiger partial charge is 0.228 e. The average molecular weight is 219 g/mol. The van der Waals surface area contributed by atoms with Crippen LogP contribution in [0.3, 0.4) is 0 Å². The Bertz CT molecular complexity index is 546. The molecule has 16 heavy (non-hydrogen) atoms. The van der Waals surface area contributed by atoms with Crippen LogP contribution in [-0.2, 0) is 0 Å². The molecule has 0 fully saturated rings. The van der Waals surface area contributed by atoms with Gasteiger partial charge in [0.1, 0.15) is 5.82 Å². The second-order valence-electron chi connectivity index (χ2n) is 3.50. The molecule has 0 bridgehead atoms. The summed E-state index contributed by atoms with van der Waals surface area (Å²) in [5.74, 6) is -0.722. The lowest BCUT2D eigenvalue weighted by molar-refractivity contribution is 0.101. The van der Waals surface area contributed by atoms with E-state index in [2.05, 4.69) is 0 Å². The zero-order valence-corrected chi connectivity index (χ0v) is 8.66. The van der Waals surface area contributed by atoms with E-state index in [0.717, 1.165) is 11.6 Å². The molecule has 1 heterocycles. The van der Waals surface area contributed by atoms with Gasteiger partial charge in [-0.1, -0.05) is 0 Å². The summed E-state index contributed by atoms with van der Waals surface area (Å²) < 4.78 is 18.2. The molecular weight excluding hydrogens is 209 g/mol. The minimum atomic E-state index is -0.602. The number of furan rings is 1. The van der Waals surface area contributed by atoms with Crippen LogP contribution in [0.2, 0.25) is 0 Å². The van der Waals surface area contributed by atoms with Crippen LogP contribution in [0.1, 0.15) is 21.7 Å². The summed E-state index contributed by atoms with van der Waals surface area (Å²) >= 11 is 0. The van der Waals surface area contributed by atoms with Crippen LogP contribution >= 0.6 is 0 Å². The van der Waals surface area contributed by atoms with Crippen molar-refractivity contribution in [3.63, 3.8) is 0 Å². The van der Waals surface area contributed by atoms with Gasteiger partial charge in [0.25, 0.3) is 0 Å². The van der Waals surface area contributed by atoms with Crippen molar-refractivity contribution in [2.24, 2.45) is 0 Å². The van der Waals surface area contributed by atoms with Crippen LogP contribution in [0, 0.1) is 12.7 Å². The maximum atomic E-state index is 13.2. The number of aryl methyl sites for hydroxylation is 1. The van der Waals surface area contributed by atoms with Crippen LogP contribution in [0.4, 0.5) is 10.1 Å². The molecule has 0 unspecified atom stereocenters. The first-order valence-corrected chi connectivity index (χ1v) is 4.73. The molecule has 0 amide bonds. The van der Waals surface area contributed by atoms with Crippen molar-refractivity contribution in [3.8, 4) is 0 Å². The van der Waals surface area contributed by atoms with Crippen molar-refractivity contribution in [2.45, 2.75) is 6.92 Å². The van der Waals surface area contributed by atoms with Crippen molar-refractivity contribution in [1.29, 1.82) is 0 Å². The Morgan fingerprint density at radius 1 is 1.38 bits per heavy atom. The maximum absolute atomic E-state index is 13.2. The third-order valence-electron chi connectivity index (χ3n) is 2.33. The highest BCUT2D eigenvalue weighted by molar-refractivity contribution is 6.08. The van der Waals surface area contributed by atoms with E-state index in [1.807, 2.05) is 0 Å². The molecule has 0 aliphatic rings. The lowest BCUT2D eigenvalue weighted by Crippen LogP contribution is -2.03. The number of hydrogen-bond acceptors (Lipinski definition) is 3. The Balaban J connectivity index is 2.42. The summed E-state index contributed by atoms with van der Waals surface area (Å²) in [6.45, 7) is 1.75. The number of carbonyl (C=O) groups is 1. The molecule has 4 heteroatoms. The van der Waals surface area contributed by atoms with Crippen LogP contribution < -0.4 is 5.73 Å². The molecule has 3 nitrogen and oxygen atoms in total. The molecule has 2 rings (SSSR count).